The second-order valence-electron chi connectivity index (χ2n) is 8.32. The number of piperidine rings is 2. The third-order valence-electron chi connectivity index (χ3n) is 6.15. The maximum Gasteiger partial charge on any atom is 0.240 e. The normalized spacial score (nSPS) is 23.7. The number of ether oxygens (including phenoxy) is 1. The Labute approximate surface area is 161 Å². The van der Waals surface area contributed by atoms with Crippen molar-refractivity contribution in [2.45, 2.75) is 38.3 Å². The lowest BCUT2D eigenvalue weighted by Crippen LogP contribution is -2.50. The van der Waals surface area contributed by atoms with Crippen molar-refractivity contribution in [3.63, 3.8) is 0 Å². The van der Waals surface area contributed by atoms with Crippen LogP contribution in [0.4, 0.5) is 0 Å². The van der Waals surface area contributed by atoms with Crippen molar-refractivity contribution in [1.82, 2.24) is 19.9 Å². The molecule has 27 heavy (non-hydrogen) atoms. The first-order valence-corrected chi connectivity index (χ1v) is 9.92. The minimum Gasteiger partial charge on any atom is -0.377 e. The first-order valence-electron chi connectivity index (χ1n) is 9.92. The largest absolute Gasteiger partial charge is 0.377 e. The van der Waals surface area contributed by atoms with Crippen LogP contribution in [0.5, 0.6) is 0 Å². The van der Waals surface area contributed by atoms with Gasteiger partial charge in [0.2, 0.25) is 5.89 Å². The highest BCUT2D eigenvalue weighted by Gasteiger charge is 2.41. The molecule has 2 aromatic rings. The van der Waals surface area contributed by atoms with Crippen LogP contribution in [0.1, 0.15) is 42.5 Å². The summed E-state index contributed by atoms with van der Waals surface area (Å²) in [6, 6.07) is 11.0. The van der Waals surface area contributed by atoms with Crippen molar-refractivity contribution in [3.05, 3.63) is 47.6 Å². The van der Waals surface area contributed by atoms with E-state index in [9.17, 15) is 0 Å². The lowest BCUT2D eigenvalue weighted by atomic mass is 9.68. The molecule has 0 N–H and O–H groups in total. The fourth-order valence-electron chi connectivity index (χ4n) is 4.89. The van der Waals surface area contributed by atoms with Crippen LogP contribution in [0.25, 0.3) is 0 Å². The Bertz CT molecular complexity index is 725. The molecule has 3 heterocycles. The van der Waals surface area contributed by atoms with Gasteiger partial charge in [0.1, 0.15) is 6.61 Å². The Kier molecular flexibility index (Phi) is 5.57. The smallest absolute Gasteiger partial charge is 0.240 e. The van der Waals surface area contributed by atoms with Crippen LogP contribution >= 0.6 is 0 Å². The zero-order chi connectivity index (χ0) is 18.7. The highest BCUT2D eigenvalue weighted by molar-refractivity contribution is 5.21. The van der Waals surface area contributed by atoms with Gasteiger partial charge in [0, 0.05) is 20.2 Å². The summed E-state index contributed by atoms with van der Waals surface area (Å²) in [5.41, 5.74) is 1.92. The van der Waals surface area contributed by atoms with Crippen LogP contribution in [0.3, 0.4) is 0 Å². The number of hydrogen-bond acceptors (Lipinski definition) is 6. The molecule has 0 radical (unpaired) electrons. The molecule has 1 unspecified atom stereocenters. The average molecular weight is 370 g/mol. The topological polar surface area (TPSA) is 54.6 Å². The number of aromatic nitrogens is 2. The van der Waals surface area contributed by atoms with Gasteiger partial charge >= 0.3 is 0 Å². The Balaban J connectivity index is 1.36. The van der Waals surface area contributed by atoms with Gasteiger partial charge in [-0.05, 0) is 56.3 Å². The number of methoxy groups -OCH3 is 1. The van der Waals surface area contributed by atoms with Gasteiger partial charge in [0.05, 0.1) is 6.54 Å². The molecule has 2 saturated heterocycles. The lowest BCUT2D eigenvalue weighted by Gasteiger charge is -2.49. The monoisotopic (exact) mass is 370 g/mol. The lowest BCUT2D eigenvalue weighted by molar-refractivity contribution is 0.0191. The molecule has 2 fully saturated rings. The fraction of sp³-hybridized carbons (Fsp3) is 0.619. The van der Waals surface area contributed by atoms with Gasteiger partial charge in [-0.3, -0.25) is 4.90 Å². The summed E-state index contributed by atoms with van der Waals surface area (Å²) in [5, 5.41) is 3.96. The minimum absolute atomic E-state index is 0.403. The van der Waals surface area contributed by atoms with Gasteiger partial charge < -0.3 is 14.2 Å². The summed E-state index contributed by atoms with van der Waals surface area (Å²) in [5.74, 6) is 1.96. The van der Waals surface area contributed by atoms with E-state index in [4.69, 9.17) is 9.26 Å². The van der Waals surface area contributed by atoms with Crippen molar-refractivity contribution < 1.29 is 9.26 Å². The predicted octanol–water partition coefficient (Wildman–Crippen LogP) is 2.92. The van der Waals surface area contributed by atoms with E-state index in [1.54, 1.807) is 7.11 Å². The molecular weight excluding hydrogens is 340 g/mol. The van der Waals surface area contributed by atoms with Crippen LogP contribution in [-0.4, -0.2) is 60.3 Å². The first kappa shape index (κ1) is 18.6. The molecule has 1 aromatic carbocycles. The molecule has 4 rings (SSSR count). The molecule has 6 heteroatoms. The molecular formula is C21H30N4O2. The summed E-state index contributed by atoms with van der Waals surface area (Å²) < 4.78 is 10.4. The fourth-order valence-corrected chi connectivity index (χ4v) is 4.89. The molecule has 6 nitrogen and oxygen atoms in total. The Morgan fingerprint density at radius 2 is 2.00 bits per heavy atom. The average Bonchev–Trinajstić information content (AvgIpc) is 3.11. The Hall–Kier alpha value is -1.76. The maximum absolute atomic E-state index is 5.36. The van der Waals surface area contributed by atoms with Gasteiger partial charge in [-0.1, -0.05) is 35.5 Å². The summed E-state index contributed by atoms with van der Waals surface area (Å²) in [6.45, 7) is 5.71. The third kappa shape index (κ3) is 4.39. The molecule has 1 atom stereocenters. The molecule has 2 aliphatic heterocycles. The Morgan fingerprint density at radius 1 is 1.22 bits per heavy atom. The standard InChI is InChI=1S/C21H30N4O2/c1-24-13-18(17-6-4-3-5-7-17)12-21(16-24)8-10-25(11-9-21)14-20-22-19(15-26-2)23-27-20/h3-7,18H,8-16H2,1-2H3. The third-order valence-corrected chi connectivity index (χ3v) is 6.15. The van der Waals surface area contributed by atoms with E-state index in [1.165, 1.54) is 37.9 Å². The highest BCUT2D eigenvalue weighted by Crippen LogP contribution is 2.44. The molecule has 1 aromatic heterocycles. The number of rotatable bonds is 5. The first-order chi connectivity index (χ1) is 13.2. The molecule has 146 valence electrons. The second kappa shape index (κ2) is 8.09. The van der Waals surface area contributed by atoms with Gasteiger partial charge in [-0.25, -0.2) is 0 Å². The van der Waals surface area contributed by atoms with Gasteiger partial charge in [-0.2, -0.15) is 4.98 Å². The van der Waals surface area contributed by atoms with Gasteiger partial charge in [0.25, 0.3) is 0 Å². The highest BCUT2D eigenvalue weighted by atomic mass is 16.5. The molecule has 0 bridgehead atoms. The van der Waals surface area contributed by atoms with Crippen LogP contribution in [-0.2, 0) is 17.9 Å². The van der Waals surface area contributed by atoms with E-state index in [2.05, 4.69) is 57.3 Å². The predicted molar refractivity (Wildman–Crippen MR) is 103 cm³/mol. The molecule has 0 amide bonds. The van der Waals surface area contributed by atoms with Gasteiger partial charge in [-0.15, -0.1) is 0 Å². The quantitative estimate of drug-likeness (QED) is 0.807. The van der Waals surface area contributed by atoms with Crippen molar-refractivity contribution >= 4 is 0 Å². The zero-order valence-electron chi connectivity index (χ0n) is 16.4. The SMILES string of the molecule is COCc1noc(CN2CCC3(CC2)CC(c2ccccc2)CN(C)C3)n1. The number of likely N-dealkylation sites (tertiary alicyclic amines) is 2. The van der Waals surface area contributed by atoms with E-state index < -0.39 is 0 Å². The molecule has 0 aliphatic carbocycles. The second-order valence-corrected chi connectivity index (χ2v) is 8.32. The molecule has 0 saturated carbocycles. The van der Waals surface area contributed by atoms with E-state index in [0.717, 1.165) is 19.6 Å². The Morgan fingerprint density at radius 3 is 2.74 bits per heavy atom. The number of hydrogen-bond donors (Lipinski definition) is 0. The summed E-state index contributed by atoms with van der Waals surface area (Å²) in [4.78, 5) is 9.39. The summed E-state index contributed by atoms with van der Waals surface area (Å²) in [7, 11) is 3.92. The maximum atomic E-state index is 5.36. The number of nitrogens with zero attached hydrogens (tertiary/aromatic N) is 4. The van der Waals surface area contributed by atoms with Crippen molar-refractivity contribution in [2.75, 3.05) is 40.3 Å². The summed E-state index contributed by atoms with van der Waals surface area (Å²) >= 11 is 0. The zero-order valence-corrected chi connectivity index (χ0v) is 16.4. The molecule has 2 aliphatic rings. The molecule has 1 spiro atoms. The van der Waals surface area contributed by atoms with Crippen LogP contribution in [0.15, 0.2) is 34.9 Å². The van der Waals surface area contributed by atoms with Gasteiger partial charge in [0.15, 0.2) is 5.82 Å². The van der Waals surface area contributed by atoms with Crippen molar-refractivity contribution in [1.29, 1.82) is 0 Å². The van der Waals surface area contributed by atoms with Crippen molar-refractivity contribution in [2.24, 2.45) is 5.41 Å². The van der Waals surface area contributed by atoms with E-state index in [1.807, 2.05) is 0 Å². The van der Waals surface area contributed by atoms with E-state index >= 15 is 0 Å². The number of benzene rings is 1. The van der Waals surface area contributed by atoms with Crippen LogP contribution in [0, 0.1) is 5.41 Å². The minimum atomic E-state index is 0.403. The van der Waals surface area contributed by atoms with E-state index in [-0.39, 0.29) is 0 Å². The van der Waals surface area contributed by atoms with Crippen LogP contribution in [0.2, 0.25) is 0 Å². The summed E-state index contributed by atoms with van der Waals surface area (Å²) in [6.07, 6.45) is 3.77. The van der Waals surface area contributed by atoms with Crippen molar-refractivity contribution in [3.8, 4) is 0 Å². The number of likely N-dealkylation sites (N-methyl/N-ethyl adjacent to an activating group) is 1. The van der Waals surface area contributed by atoms with Crippen LogP contribution < -0.4 is 0 Å². The van der Waals surface area contributed by atoms with E-state index in [0.29, 0.717) is 29.7 Å².